The summed E-state index contributed by atoms with van der Waals surface area (Å²) in [6, 6.07) is 6.96. The van der Waals surface area contributed by atoms with Gasteiger partial charge in [0.2, 0.25) is 5.91 Å². The second-order valence-corrected chi connectivity index (χ2v) is 8.71. The average Bonchev–Trinajstić information content (AvgIpc) is 3.43. The number of hydrogen-bond acceptors (Lipinski definition) is 7. The number of amides is 1. The molecule has 11 nitrogen and oxygen atoms in total. The van der Waals surface area contributed by atoms with E-state index in [0.717, 1.165) is 15.7 Å². The molecule has 2 N–H and O–H groups in total. The zero-order chi connectivity index (χ0) is 29.2. The van der Waals surface area contributed by atoms with Gasteiger partial charge in [0, 0.05) is 16.8 Å². The van der Waals surface area contributed by atoms with Crippen LogP contribution in [0.15, 0.2) is 53.8 Å². The highest BCUT2D eigenvalue weighted by Crippen LogP contribution is 2.25. The molecule has 0 saturated heterocycles. The number of rotatable bonds is 8. The fourth-order valence-electron chi connectivity index (χ4n) is 3.47. The number of alkyl halides is 6. The number of nitrogens with zero attached hydrogens (tertiary/aromatic N) is 7. The van der Waals surface area contributed by atoms with Gasteiger partial charge < -0.3 is 10.4 Å². The largest absolute Gasteiger partial charge is 0.416 e. The second kappa shape index (κ2) is 11.1. The number of aliphatic hydroxyl groups excluding tert-OH is 1. The molecule has 1 aromatic carbocycles. The van der Waals surface area contributed by atoms with Gasteiger partial charge in [-0.1, -0.05) is 11.6 Å². The maximum Gasteiger partial charge on any atom is 0.416 e. The lowest BCUT2D eigenvalue weighted by atomic mass is 10.2. The minimum absolute atomic E-state index is 0.0461. The molecule has 3 heterocycles. The molecule has 3 aromatic heterocycles. The van der Waals surface area contributed by atoms with Gasteiger partial charge in [-0.3, -0.25) is 14.3 Å². The van der Waals surface area contributed by atoms with Crippen molar-refractivity contribution >= 4 is 23.2 Å². The summed E-state index contributed by atoms with van der Waals surface area (Å²) in [7, 11) is 0. The first kappa shape index (κ1) is 28.8. The number of benzene rings is 1. The number of halogens is 7. The number of carbonyl (C=O) groups is 1. The molecule has 40 heavy (non-hydrogen) atoms. The number of aromatic nitrogens is 7. The van der Waals surface area contributed by atoms with Crippen LogP contribution in [0.2, 0.25) is 5.02 Å². The molecule has 0 fully saturated rings. The minimum Gasteiger partial charge on any atom is -0.382 e. The van der Waals surface area contributed by atoms with E-state index in [4.69, 9.17) is 11.6 Å². The highest BCUT2D eigenvalue weighted by Gasteiger charge is 2.39. The van der Waals surface area contributed by atoms with Gasteiger partial charge in [0.25, 0.3) is 0 Å². The van der Waals surface area contributed by atoms with Crippen molar-refractivity contribution in [3.63, 3.8) is 0 Å². The molecule has 1 amide bonds. The normalized spacial score (nSPS) is 12.9. The monoisotopic (exact) mass is 590 g/mol. The Balaban J connectivity index is 1.64. The lowest BCUT2D eigenvalue weighted by molar-refractivity contribution is -0.207. The van der Waals surface area contributed by atoms with Crippen LogP contribution in [-0.2, 0) is 17.9 Å². The van der Waals surface area contributed by atoms with Crippen molar-refractivity contribution in [1.29, 1.82) is 0 Å². The highest BCUT2D eigenvalue weighted by atomic mass is 35.5. The van der Waals surface area contributed by atoms with Gasteiger partial charge in [0.05, 0.1) is 18.4 Å². The molecule has 0 spiro atoms. The number of nitrogens with one attached hydrogen (secondary N) is 1. The van der Waals surface area contributed by atoms with Crippen molar-refractivity contribution in [2.75, 3.05) is 5.32 Å². The van der Waals surface area contributed by atoms with E-state index in [-0.39, 0.29) is 28.6 Å². The third-order valence-corrected chi connectivity index (χ3v) is 5.52. The van der Waals surface area contributed by atoms with Gasteiger partial charge >= 0.3 is 18.0 Å². The maximum atomic E-state index is 13.0. The van der Waals surface area contributed by atoms with Crippen molar-refractivity contribution in [3.8, 4) is 17.1 Å². The van der Waals surface area contributed by atoms with Crippen molar-refractivity contribution in [2.24, 2.45) is 0 Å². The molecule has 4 aromatic rings. The lowest BCUT2D eigenvalue weighted by Gasteiger charge is -2.15. The van der Waals surface area contributed by atoms with Gasteiger partial charge in [-0.2, -0.15) is 26.3 Å². The zero-order valence-electron chi connectivity index (χ0n) is 19.9. The highest BCUT2D eigenvalue weighted by molar-refractivity contribution is 6.30. The molecule has 0 unspecified atom stereocenters. The van der Waals surface area contributed by atoms with Crippen LogP contribution in [0.5, 0.6) is 0 Å². The molecule has 0 aliphatic heterocycles. The number of aliphatic hydroxyl groups is 1. The van der Waals surface area contributed by atoms with Crippen LogP contribution in [0.3, 0.4) is 0 Å². The predicted octanol–water partition coefficient (Wildman–Crippen LogP) is 3.20. The Morgan fingerprint density at radius 3 is 2.42 bits per heavy atom. The molecule has 0 saturated carbocycles. The quantitative estimate of drug-likeness (QED) is 0.301. The summed E-state index contributed by atoms with van der Waals surface area (Å²) in [5.41, 5.74) is -0.785. The van der Waals surface area contributed by atoms with E-state index in [1.54, 1.807) is 0 Å². The SMILES string of the molecule is O=C(CC(F)(F)F)Nc1ccncc1-n1cnc(Cn2nc(-c3ccc(Cl)cc3)n(C[C@H](O)C(F)(F)F)c2=O)n1. The topological polar surface area (TPSA) is 133 Å². The van der Waals surface area contributed by atoms with Crippen LogP contribution in [0.1, 0.15) is 12.2 Å². The standard InChI is InChI=1S/C22H17ClF6N8O3/c23-13-3-1-12(2-4-13)19-34-36(20(40)35(19)9-16(38)22(27,28)29)10-17-31-11-37(33-17)15-8-30-6-5-14(15)32-18(39)7-21(24,25)26/h1-6,8,11,16,38H,7,9-10H2,(H,30,32,39)/t16-/m0/s1. The van der Waals surface area contributed by atoms with Crippen LogP contribution in [0, 0.1) is 0 Å². The van der Waals surface area contributed by atoms with Crippen LogP contribution < -0.4 is 11.0 Å². The molecular formula is C22H17ClF6N8O3. The van der Waals surface area contributed by atoms with Crippen LogP contribution in [0.4, 0.5) is 32.0 Å². The van der Waals surface area contributed by atoms with E-state index in [1.165, 1.54) is 42.7 Å². The Bertz CT molecular complexity index is 1560. The first-order chi connectivity index (χ1) is 18.7. The summed E-state index contributed by atoms with van der Waals surface area (Å²) in [6.45, 7) is -1.57. The summed E-state index contributed by atoms with van der Waals surface area (Å²) in [5.74, 6) is -1.58. The number of hydrogen-bond donors (Lipinski definition) is 2. The molecule has 18 heteroatoms. The maximum absolute atomic E-state index is 13.0. The number of pyridine rings is 1. The lowest BCUT2D eigenvalue weighted by Crippen LogP contribution is -2.37. The molecule has 0 bridgehead atoms. The smallest absolute Gasteiger partial charge is 0.382 e. The molecule has 1 atom stereocenters. The Labute approximate surface area is 224 Å². The van der Waals surface area contributed by atoms with Crippen LogP contribution in [-0.4, -0.2) is 63.6 Å². The molecule has 4 rings (SSSR count). The van der Waals surface area contributed by atoms with Crippen molar-refractivity contribution in [2.45, 2.75) is 38.0 Å². The first-order valence-corrected chi connectivity index (χ1v) is 11.5. The predicted molar refractivity (Wildman–Crippen MR) is 127 cm³/mol. The third-order valence-electron chi connectivity index (χ3n) is 5.27. The van der Waals surface area contributed by atoms with Crippen LogP contribution >= 0.6 is 11.6 Å². The summed E-state index contributed by atoms with van der Waals surface area (Å²) < 4.78 is 79.3. The van der Waals surface area contributed by atoms with Crippen molar-refractivity contribution < 1.29 is 36.2 Å². The van der Waals surface area contributed by atoms with E-state index in [2.05, 4.69) is 25.5 Å². The van der Waals surface area contributed by atoms with Gasteiger partial charge in [0.15, 0.2) is 17.8 Å². The van der Waals surface area contributed by atoms with E-state index in [9.17, 15) is 41.0 Å². The Morgan fingerprint density at radius 1 is 1.07 bits per heavy atom. The Hall–Kier alpha value is -4.25. The fourth-order valence-corrected chi connectivity index (χ4v) is 3.59. The van der Waals surface area contributed by atoms with Crippen LogP contribution in [0.25, 0.3) is 17.1 Å². The average molecular weight is 591 g/mol. The van der Waals surface area contributed by atoms with Gasteiger partial charge in [-0.15, -0.1) is 10.2 Å². The Morgan fingerprint density at radius 2 is 1.77 bits per heavy atom. The minimum atomic E-state index is -5.00. The first-order valence-electron chi connectivity index (χ1n) is 11.1. The number of anilines is 1. The molecular weight excluding hydrogens is 574 g/mol. The summed E-state index contributed by atoms with van der Waals surface area (Å²) in [6.07, 6.45) is -10.8. The Kier molecular flexibility index (Phi) is 7.97. The third kappa shape index (κ3) is 6.84. The molecule has 0 aliphatic carbocycles. The van der Waals surface area contributed by atoms with E-state index in [0.29, 0.717) is 9.59 Å². The van der Waals surface area contributed by atoms with Crippen molar-refractivity contribution in [3.05, 3.63) is 70.4 Å². The van der Waals surface area contributed by atoms with Crippen molar-refractivity contribution in [1.82, 2.24) is 34.1 Å². The summed E-state index contributed by atoms with van der Waals surface area (Å²) in [4.78, 5) is 32.6. The van der Waals surface area contributed by atoms with E-state index in [1.807, 2.05) is 0 Å². The number of carbonyl (C=O) groups excluding carboxylic acids is 1. The van der Waals surface area contributed by atoms with E-state index < -0.39 is 49.6 Å². The molecule has 212 valence electrons. The zero-order valence-corrected chi connectivity index (χ0v) is 20.6. The molecule has 0 radical (unpaired) electrons. The molecule has 0 aliphatic rings. The van der Waals surface area contributed by atoms with E-state index >= 15 is 0 Å². The fraction of sp³-hybridized carbons (Fsp3) is 0.273. The second-order valence-electron chi connectivity index (χ2n) is 8.28. The van der Waals surface area contributed by atoms with Gasteiger partial charge in [0.1, 0.15) is 25.0 Å². The van der Waals surface area contributed by atoms with Gasteiger partial charge in [-0.05, 0) is 30.3 Å². The summed E-state index contributed by atoms with van der Waals surface area (Å²) >= 11 is 5.87. The summed E-state index contributed by atoms with van der Waals surface area (Å²) in [5, 5.41) is 20.2. The van der Waals surface area contributed by atoms with Gasteiger partial charge in [-0.25, -0.2) is 19.1 Å².